The van der Waals surface area contributed by atoms with Gasteiger partial charge in [-0.1, -0.05) is 12.8 Å². The third-order valence-corrected chi connectivity index (χ3v) is 7.15. The number of likely N-dealkylation sites (tertiary alicyclic amines) is 1. The zero-order chi connectivity index (χ0) is 15.8. The minimum atomic E-state index is -3.13. The van der Waals surface area contributed by atoms with Gasteiger partial charge in [-0.2, -0.15) is 0 Å². The first-order chi connectivity index (χ1) is 10.4. The molecule has 126 valence electrons. The molecule has 0 aromatic rings. The SMILES string of the molecule is CS(=O)(=O)[C@@H]1CCCC[C@H]1NC(=O)N1CCCC12CCOC2. The van der Waals surface area contributed by atoms with E-state index in [0.29, 0.717) is 19.6 Å². The van der Waals surface area contributed by atoms with Gasteiger partial charge in [-0.05, 0) is 32.1 Å². The van der Waals surface area contributed by atoms with Gasteiger partial charge < -0.3 is 15.0 Å². The van der Waals surface area contributed by atoms with Crippen molar-refractivity contribution in [3.8, 4) is 0 Å². The fraction of sp³-hybridized carbons (Fsp3) is 0.933. The van der Waals surface area contributed by atoms with Crippen LogP contribution in [0.4, 0.5) is 4.79 Å². The molecule has 0 radical (unpaired) electrons. The van der Waals surface area contributed by atoms with Crippen LogP contribution in [0.2, 0.25) is 0 Å². The fourth-order valence-electron chi connectivity index (χ4n) is 4.27. The molecule has 1 N–H and O–H groups in total. The van der Waals surface area contributed by atoms with Gasteiger partial charge in [0.05, 0.1) is 17.4 Å². The van der Waals surface area contributed by atoms with E-state index in [-0.39, 0.29) is 17.6 Å². The van der Waals surface area contributed by atoms with Gasteiger partial charge in [0, 0.05) is 25.4 Å². The first kappa shape index (κ1) is 16.1. The normalized spacial score (nSPS) is 36.0. The Bertz CT molecular complexity index is 522. The molecular weight excluding hydrogens is 304 g/mol. The predicted octanol–water partition coefficient (Wildman–Crippen LogP) is 1.31. The quantitative estimate of drug-likeness (QED) is 0.828. The number of rotatable bonds is 2. The van der Waals surface area contributed by atoms with Crippen molar-refractivity contribution >= 4 is 15.9 Å². The number of carbonyl (C=O) groups is 1. The molecule has 22 heavy (non-hydrogen) atoms. The van der Waals surface area contributed by atoms with Crippen LogP contribution in [0.15, 0.2) is 0 Å². The van der Waals surface area contributed by atoms with E-state index in [1.54, 1.807) is 0 Å². The lowest BCUT2D eigenvalue weighted by atomic mass is 9.94. The van der Waals surface area contributed by atoms with Gasteiger partial charge in [0.2, 0.25) is 0 Å². The summed E-state index contributed by atoms with van der Waals surface area (Å²) in [4.78, 5) is 14.6. The second-order valence-corrected chi connectivity index (χ2v) is 9.26. The molecule has 1 saturated carbocycles. The van der Waals surface area contributed by atoms with Crippen LogP contribution in [0.5, 0.6) is 0 Å². The summed E-state index contributed by atoms with van der Waals surface area (Å²) in [6.45, 7) is 2.06. The van der Waals surface area contributed by atoms with E-state index in [9.17, 15) is 13.2 Å². The summed E-state index contributed by atoms with van der Waals surface area (Å²) in [5, 5.41) is 2.58. The summed E-state index contributed by atoms with van der Waals surface area (Å²) in [6, 6.07) is -0.361. The van der Waals surface area contributed by atoms with Gasteiger partial charge >= 0.3 is 6.03 Å². The molecule has 1 aliphatic carbocycles. The number of urea groups is 1. The second-order valence-electron chi connectivity index (χ2n) is 6.99. The highest BCUT2D eigenvalue weighted by atomic mass is 32.2. The lowest BCUT2D eigenvalue weighted by Crippen LogP contribution is -2.57. The van der Waals surface area contributed by atoms with Crippen LogP contribution in [-0.4, -0.2) is 62.2 Å². The van der Waals surface area contributed by atoms with E-state index in [0.717, 1.165) is 45.1 Å². The summed E-state index contributed by atoms with van der Waals surface area (Å²) in [5.41, 5.74) is -0.153. The van der Waals surface area contributed by atoms with E-state index in [1.165, 1.54) is 6.26 Å². The third kappa shape index (κ3) is 2.97. The van der Waals surface area contributed by atoms with Crippen LogP contribution < -0.4 is 5.32 Å². The summed E-state index contributed by atoms with van der Waals surface area (Å²) in [6.07, 6.45) is 7.46. The van der Waals surface area contributed by atoms with Crippen LogP contribution in [0.1, 0.15) is 44.9 Å². The topological polar surface area (TPSA) is 75.7 Å². The Morgan fingerprint density at radius 2 is 2.00 bits per heavy atom. The number of carbonyl (C=O) groups excluding carboxylic acids is 1. The van der Waals surface area contributed by atoms with Crippen molar-refractivity contribution in [1.29, 1.82) is 0 Å². The van der Waals surface area contributed by atoms with Crippen molar-refractivity contribution in [3.05, 3.63) is 0 Å². The number of sulfone groups is 1. The Labute approximate surface area is 132 Å². The van der Waals surface area contributed by atoms with Crippen molar-refractivity contribution in [2.24, 2.45) is 0 Å². The van der Waals surface area contributed by atoms with Crippen molar-refractivity contribution in [2.45, 2.75) is 61.8 Å². The molecule has 0 aromatic heterocycles. The number of nitrogens with zero attached hydrogens (tertiary/aromatic N) is 1. The van der Waals surface area contributed by atoms with Gasteiger partial charge in [-0.25, -0.2) is 13.2 Å². The molecule has 3 rings (SSSR count). The Morgan fingerprint density at radius 3 is 2.68 bits per heavy atom. The minimum absolute atomic E-state index is 0.108. The first-order valence-corrected chi connectivity index (χ1v) is 10.2. The van der Waals surface area contributed by atoms with Gasteiger partial charge in [0.25, 0.3) is 0 Å². The minimum Gasteiger partial charge on any atom is -0.379 e. The smallest absolute Gasteiger partial charge is 0.318 e. The maximum atomic E-state index is 12.7. The number of hydrogen-bond acceptors (Lipinski definition) is 4. The highest BCUT2D eigenvalue weighted by Crippen LogP contribution is 2.36. The zero-order valence-electron chi connectivity index (χ0n) is 13.2. The van der Waals surface area contributed by atoms with Gasteiger partial charge in [-0.3, -0.25) is 0 Å². The highest BCUT2D eigenvalue weighted by Gasteiger charge is 2.47. The third-order valence-electron chi connectivity index (χ3n) is 5.49. The predicted molar refractivity (Wildman–Crippen MR) is 83.5 cm³/mol. The molecule has 0 aromatic carbocycles. The molecule has 2 heterocycles. The van der Waals surface area contributed by atoms with E-state index in [2.05, 4.69) is 5.32 Å². The fourth-order valence-corrected chi connectivity index (χ4v) is 5.67. The molecule has 7 heteroatoms. The van der Waals surface area contributed by atoms with Gasteiger partial charge in [0.1, 0.15) is 0 Å². The lowest BCUT2D eigenvalue weighted by molar-refractivity contribution is 0.112. The Hall–Kier alpha value is -0.820. The second kappa shape index (κ2) is 6.00. The first-order valence-electron chi connectivity index (χ1n) is 8.27. The molecule has 2 amide bonds. The average molecular weight is 330 g/mol. The van der Waals surface area contributed by atoms with Crippen molar-refractivity contribution in [3.63, 3.8) is 0 Å². The molecule has 0 bridgehead atoms. The molecule has 2 aliphatic heterocycles. The zero-order valence-corrected chi connectivity index (χ0v) is 14.0. The summed E-state index contributed by atoms with van der Waals surface area (Å²) >= 11 is 0. The van der Waals surface area contributed by atoms with E-state index >= 15 is 0 Å². The average Bonchev–Trinajstić information content (AvgIpc) is 3.09. The Morgan fingerprint density at radius 1 is 1.23 bits per heavy atom. The monoisotopic (exact) mass is 330 g/mol. The summed E-state index contributed by atoms with van der Waals surface area (Å²) < 4.78 is 29.4. The Balaban J connectivity index is 1.70. The van der Waals surface area contributed by atoms with Gasteiger partial charge in [0.15, 0.2) is 9.84 Å². The van der Waals surface area contributed by atoms with Crippen LogP contribution >= 0.6 is 0 Å². The molecule has 3 fully saturated rings. The summed E-state index contributed by atoms with van der Waals surface area (Å²) in [7, 11) is -3.13. The summed E-state index contributed by atoms with van der Waals surface area (Å²) in [5.74, 6) is 0. The Kier molecular flexibility index (Phi) is 4.38. The number of nitrogens with one attached hydrogen (secondary N) is 1. The van der Waals surface area contributed by atoms with E-state index in [4.69, 9.17) is 4.74 Å². The molecule has 2 saturated heterocycles. The van der Waals surface area contributed by atoms with Crippen molar-refractivity contribution in [2.75, 3.05) is 26.0 Å². The molecule has 1 unspecified atom stereocenters. The molecule has 3 atom stereocenters. The maximum absolute atomic E-state index is 12.7. The largest absolute Gasteiger partial charge is 0.379 e. The maximum Gasteiger partial charge on any atom is 0.318 e. The standard InChI is InChI=1S/C15H26N2O4S/c1-22(19,20)13-6-3-2-5-12(13)16-14(18)17-9-4-7-15(17)8-10-21-11-15/h12-13H,2-11H2,1H3,(H,16,18)/t12-,13-,15?/m1/s1. The number of ether oxygens (including phenoxy) is 1. The molecule has 3 aliphatic rings. The molecule has 6 nitrogen and oxygen atoms in total. The number of hydrogen-bond donors (Lipinski definition) is 1. The van der Waals surface area contributed by atoms with Crippen molar-refractivity contribution in [1.82, 2.24) is 10.2 Å². The van der Waals surface area contributed by atoms with E-state index in [1.807, 2.05) is 4.90 Å². The van der Waals surface area contributed by atoms with Crippen LogP contribution in [0, 0.1) is 0 Å². The van der Waals surface area contributed by atoms with Crippen LogP contribution in [-0.2, 0) is 14.6 Å². The van der Waals surface area contributed by atoms with Crippen molar-refractivity contribution < 1.29 is 17.9 Å². The lowest BCUT2D eigenvalue weighted by Gasteiger charge is -2.37. The van der Waals surface area contributed by atoms with Crippen LogP contribution in [0.3, 0.4) is 0 Å². The van der Waals surface area contributed by atoms with Crippen LogP contribution in [0.25, 0.3) is 0 Å². The molecular formula is C15H26N2O4S. The van der Waals surface area contributed by atoms with E-state index < -0.39 is 15.1 Å². The number of amides is 2. The highest BCUT2D eigenvalue weighted by molar-refractivity contribution is 7.91. The van der Waals surface area contributed by atoms with Gasteiger partial charge in [-0.15, -0.1) is 0 Å². The molecule has 1 spiro atoms.